The summed E-state index contributed by atoms with van der Waals surface area (Å²) in [4.78, 5) is 24.6. The molecule has 1 N–H and O–H groups in total. The molecule has 1 atom stereocenters. The molecule has 0 aliphatic carbocycles. The summed E-state index contributed by atoms with van der Waals surface area (Å²) in [6.45, 7) is 1.39. The highest BCUT2D eigenvalue weighted by Crippen LogP contribution is 2.30. The fraction of sp³-hybridized carbons (Fsp3) is 0.167. The summed E-state index contributed by atoms with van der Waals surface area (Å²) in [7, 11) is 0. The number of alkyl halides is 3. The van der Waals surface area contributed by atoms with E-state index in [9.17, 15) is 22.8 Å². The maximum atomic E-state index is 12.5. The summed E-state index contributed by atoms with van der Waals surface area (Å²) in [5, 5.41) is 6.42. The molecule has 146 valence electrons. The Kier molecular flexibility index (Phi) is 5.21. The van der Waals surface area contributed by atoms with Crippen LogP contribution in [-0.2, 0) is 4.79 Å². The van der Waals surface area contributed by atoms with Crippen LogP contribution in [0.3, 0.4) is 0 Å². The Morgan fingerprint density at radius 1 is 1.18 bits per heavy atom. The minimum atomic E-state index is -4.91. The van der Waals surface area contributed by atoms with Gasteiger partial charge in [-0.3, -0.25) is 9.59 Å². The summed E-state index contributed by atoms with van der Waals surface area (Å²) in [6.07, 6.45) is -3.48. The van der Waals surface area contributed by atoms with E-state index in [1.807, 2.05) is 0 Å². The lowest BCUT2D eigenvalue weighted by Gasteiger charge is -2.17. The molecule has 3 aromatic rings. The Balaban J connectivity index is 1.85. The lowest BCUT2D eigenvalue weighted by Crippen LogP contribution is -2.33. The first kappa shape index (κ1) is 19.2. The highest BCUT2D eigenvalue weighted by atomic mass is 19.4. The highest BCUT2D eigenvalue weighted by molar-refractivity contribution is 5.94. The van der Waals surface area contributed by atoms with Gasteiger partial charge in [-0.25, -0.2) is 4.68 Å². The van der Waals surface area contributed by atoms with E-state index in [0.29, 0.717) is 11.5 Å². The van der Waals surface area contributed by atoms with E-state index in [0.717, 1.165) is 10.7 Å². The van der Waals surface area contributed by atoms with Gasteiger partial charge in [0.25, 0.3) is 5.56 Å². The summed E-state index contributed by atoms with van der Waals surface area (Å²) in [5.74, 6) is -0.921. The Labute approximate surface area is 156 Å². The molecule has 3 rings (SSSR count). The van der Waals surface area contributed by atoms with Gasteiger partial charge in [0, 0.05) is 6.07 Å². The number of halogens is 3. The summed E-state index contributed by atoms with van der Waals surface area (Å²) in [5.41, 5.74) is -0.422. The van der Waals surface area contributed by atoms with E-state index in [4.69, 9.17) is 4.42 Å². The number of amides is 1. The zero-order valence-corrected chi connectivity index (χ0v) is 14.4. The number of benzene rings is 1. The monoisotopic (exact) mass is 393 g/mol. The van der Waals surface area contributed by atoms with Crippen molar-refractivity contribution in [1.82, 2.24) is 9.78 Å². The zero-order chi connectivity index (χ0) is 20.3. The average Bonchev–Trinajstić information content (AvgIpc) is 3.16. The van der Waals surface area contributed by atoms with Crippen LogP contribution < -0.4 is 15.6 Å². The third kappa shape index (κ3) is 4.40. The number of furan rings is 1. The number of para-hydroxylation sites is 2. The molecule has 2 aromatic heterocycles. The van der Waals surface area contributed by atoms with Crippen LogP contribution in [0.4, 0.5) is 18.9 Å². The standard InChI is InChI=1S/C18H14F3N3O4/c1-11(24-16(25)9-8-13(23-24)14-7-4-10-27-14)17(26)22-12-5-2-3-6-15(12)28-18(19,20)21/h2-11H,1H3,(H,22,26)/t11-/m0/s1. The molecule has 28 heavy (non-hydrogen) atoms. The van der Waals surface area contributed by atoms with Crippen LogP contribution >= 0.6 is 0 Å². The van der Waals surface area contributed by atoms with Crippen molar-refractivity contribution < 1.29 is 27.1 Å². The third-order valence-electron chi connectivity index (χ3n) is 3.72. The van der Waals surface area contributed by atoms with Crippen molar-refractivity contribution >= 4 is 11.6 Å². The highest BCUT2D eigenvalue weighted by Gasteiger charge is 2.32. The average molecular weight is 393 g/mol. The molecule has 0 aliphatic rings. The Hall–Kier alpha value is -3.56. The molecule has 0 unspecified atom stereocenters. The number of nitrogens with zero attached hydrogens (tertiary/aromatic N) is 2. The second kappa shape index (κ2) is 7.59. The molecule has 7 nitrogen and oxygen atoms in total. The quantitative estimate of drug-likeness (QED) is 0.716. The van der Waals surface area contributed by atoms with Crippen LogP contribution in [0, 0.1) is 0 Å². The molecule has 0 aliphatic heterocycles. The molecule has 0 saturated heterocycles. The van der Waals surface area contributed by atoms with E-state index in [1.54, 1.807) is 12.1 Å². The maximum absolute atomic E-state index is 12.5. The van der Waals surface area contributed by atoms with Gasteiger partial charge in [-0.2, -0.15) is 5.10 Å². The number of carbonyl (C=O) groups is 1. The second-order valence-electron chi connectivity index (χ2n) is 5.69. The second-order valence-corrected chi connectivity index (χ2v) is 5.69. The minimum Gasteiger partial charge on any atom is -0.463 e. The molecule has 1 aromatic carbocycles. The van der Waals surface area contributed by atoms with E-state index in [-0.39, 0.29) is 5.69 Å². The van der Waals surface area contributed by atoms with Gasteiger partial charge >= 0.3 is 6.36 Å². The van der Waals surface area contributed by atoms with Crippen LogP contribution in [0.2, 0.25) is 0 Å². The number of hydrogen-bond donors (Lipinski definition) is 1. The van der Waals surface area contributed by atoms with Crippen molar-refractivity contribution in [2.75, 3.05) is 5.32 Å². The number of anilines is 1. The number of hydrogen-bond acceptors (Lipinski definition) is 5. The zero-order valence-electron chi connectivity index (χ0n) is 14.4. The number of rotatable bonds is 5. The Bertz CT molecular complexity index is 1030. The molecule has 10 heteroatoms. The molecule has 0 saturated carbocycles. The summed E-state index contributed by atoms with van der Waals surface area (Å²) < 4.78 is 47.6. The van der Waals surface area contributed by atoms with Gasteiger partial charge in [0.1, 0.15) is 11.7 Å². The molecule has 1 amide bonds. The van der Waals surface area contributed by atoms with Gasteiger partial charge in [0.05, 0.1) is 12.0 Å². The van der Waals surface area contributed by atoms with Gasteiger partial charge in [0.15, 0.2) is 11.5 Å². The molecule has 0 radical (unpaired) electrons. The molecule has 0 bridgehead atoms. The van der Waals surface area contributed by atoms with E-state index in [1.165, 1.54) is 43.5 Å². The van der Waals surface area contributed by atoms with E-state index >= 15 is 0 Å². The van der Waals surface area contributed by atoms with Crippen molar-refractivity contribution in [3.8, 4) is 17.2 Å². The first-order chi connectivity index (χ1) is 13.2. The predicted octanol–water partition coefficient (Wildman–Crippen LogP) is 3.60. The van der Waals surface area contributed by atoms with Crippen molar-refractivity contribution in [1.29, 1.82) is 0 Å². The molecular formula is C18H14F3N3O4. The Morgan fingerprint density at radius 3 is 2.61 bits per heavy atom. The smallest absolute Gasteiger partial charge is 0.463 e. The molecule has 0 spiro atoms. The molecule has 2 heterocycles. The van der Waals surface area contributed by atoms with Crippen LogP contribution in [-0.4, -0.2) is 22.1 Å². The predicted molar refractivity (Wildman–Crippen MR) is 92.7 cm³/mol. The van der Waals surface area contributed by atoms with Crippen molar-refractivity contribution in [3.05, 3.63) is 65.1 Å². The minimum absolute atomic E-state index is 0.188. The van der Waals surface area contributed by atoms with Gasteiger partial charge in [0.2, 0.25) is 5.91 Å². The topological polar surface area (TPSA) is 86.4 Å². The van der Waals surface area contributed by atoms with Crippen LogP contribution in [0.5, 0.6) is 5.75 Å². The van der Waals surface area contributed by atoms with Crippen LogP contribution in [0.15, 0.2) is 64.0 Å². The first-order valence-electron chi connectivity index (χ1n) is 8.04. The SMILES string of the molecule is C[C@@H](C(=O)Nc1ccccc1OC(F)(F)F)n1nc(-c2ccco2)ccc1=O. The van der Waals surface area contributed by atoms with Gasteiger partial charge in [-0.05, 0) is 37.3 Å². The lowest BCUT2D eigenvalue weighted by atomic mass is 10.2. The molecular weight excluding hydrogens is 379 g/mol. The van der Waals surface area contributed by atoms with E-state index in [2.05, 4.69) is 15.2 Å². The van der Waals surface area contributed by atoms with Crippen LogP contribution in [0.1, 0.15) is 13.0 Å². The first-order valence-corrected chi connectivity index (χ1v) is 8.04. The summed E-state index contributed by atoms with van der Waals surface area (Å²) in [6, 6.07) is 9.90. The number of ether oxygens (including phenoxy) is 1. The summed E-state index contributed by atoms with van der Waals surface area (Å²) >= 11 is 0. The number of aromatic nitrogens is 2. The fourth-order valence-corrected chi connectivity index (χ4v) is 2.39. The number of nitrogens with one attached hydrogen (secondary N) is 1. The maximum Gasteiger partial charge on any atom is 0.573 e. The fourth-order valence-electron chi connectivity index (χ4n) is 2.39. The van der Waals surface area contributed by atoms with E-state index < -0.39 is 29.6 Å². The largest absolute Gasteiger partial charge is 0.573 e. The third-order valence-corrected chi connectivity index (χ3v) is 3.72. The van der Waals surface area contributed by atoms with Gasteiger partial charge < -0.3 is 14.5 Å². The molecule has 0 fully saturated rings. The normalized spacial score (nSPS) is 12.4. The lowest BCUT2D eigenvalue weighted by molar-refractivity contribution is -0.274. The Morgan fingerprint density at radius 2 is 1.93 bits per heavy atom. The number of carbonyl (C=O) groups excluding carboxylic acids is 1. The van der Waals surface area contributed by atoms with Crippen molar-refractivity contribution in [2.45, 2.75) is 19.3 Å². The van der Waals surface area contributed by atoms with Crippen molar-refractivity contribution in [3.63, 3.8) is 0 Å². The van der Waals surface area contributed by atoms with Crippen LogP contribution in [0.25, 0.3) is 11.5 Å². The van der Waals surface area contributed by atoms with Gasteiger partial charge in [-0.15, -0.1) is 13.2 Å². The van der Waals surface area contributed by atoms with Gasteiger partial charge in [-0.1, -0.05) is 12.1 Å². The van der Waals surface area contributed by atoms with Crippen molar-refractivity contribution in [2.24, 2.45) is 0 Å².